The molecule has 0 spiro atoms. The average Bonchev–Trinajstić information content (AvgIpc) is 3.78. The van der Waals surface area contributed by atoms with Gasteiger partial charge in [-0.3, -0.25) is 19.2 Å². The van der Waals surface area contributed by atoms with E-state index in [-0.39, 0.29) is 41.5 Å². The van der Waals surface area contributed by atoms with Gasteiger partial charge in [0.2, 0.25) is 5.91 Å². The minimum atomic E-state index is -0.427. The normalized spacial score (nSPS) is 13.2. The maximum absolute atomic E-state index is 12.8. The molecule has 2 N–H and O–H groups in total. The summed E-state index contributed by atoms with van der Waals surface area (Å²) in [6.45, 7) is 1.20. The van der Waals surface area contributed by atoms with Crippen molar-refractivity contribution in [2.75, 3.05) is 31.1 Å². The summed E-state index contributed by atoms with van der Waals surface area (Å²) in [5.74, 6) is -0.313. The molecule has 1 aromatic carbocycles. The van der Waals surface area contributed by atoms with Gasteiger partial charge in [0.25, 0.3) is 11.8 Å². The Kier molecular flexibility index (Phi) is 7.76. The number of aromatic amines is 1. The number of rotatable bonds is 8. The van der Waals surface area contributed by atoms with Gasteiger partial charge >= 0.3 is 6.01 Å². The first-order valence-electron chi connectivity index (χ1n) is 13.7. The van der Waals surface area contributed by atoms with Crippen LogP contribution >= 0.6 is 11.6 Å². The zero-order valence-electron chi connectivity index (χ0n) is 23.2. The van der Waals surface area contributed by atoms with Gasteiger partial charge in [0.1, 0.15) is 12.2 Å². The Morgan fingerprint density at radius 1 is 1.16 bits per heavy atom. The van der Waals surface area contributed by atoms with Crippen molar-refractivity contribution in [3.8, 4) is 28.7 Å². The van der Waals surface area contributed by atoms with E-state index in [0.29, 0.717) is 30.0 Å². The lowest BCUT2D eigenvalue weighted by Crippen LogP contribution is -2.42. The fraction of sp³-hybridized carbons (Fsp3) is 0.276. The summed E-state index contributed by atoms with van der Waals surface area (Å²) in [5.41, 5.74) is 3.75. The Labute approximate surface area is 251 Å². The van der Waals surface area contributed by atoms with E-state index in [4.69, 9.17) is 16.0 Å². The minimum Gasteiger partial charge on any atom is -0.403 e. The molecular weight excluding hydrogens is 572 g/mol. The van der Waals surface area contributed by atoms with E-state index in [1.807, 2.05) is 19.3 Å². The standard InChI is InChI=1S/C29H27ClN10O3/c1-38-17-20(14-35-38)19-11-21-22(15-33-26(21)32-13-19)28-36-37-29(43-28)40(10-7-31)24-6-5-18(12-23(24)30)27(42)34-16-25(41)39-8-3-2-4-9-39/h5-6,11-15,17H,2-4,8-10,16H2,1H3,(H,32,33)(H,34,42). The second kappa shape index (κ2) is 11.9. The van der Waals surface area contributed by atoms with Crippen LogP contribution in [0.2, 0.25) is 5.02 Å². The Morgan fingerprint density at radius 3 is 2.74 bits per heavy atom. The highest BCUT2D eigenvalue weighted by Gasteiger charge is 2.23. The molecule has 14 heteroatoms. The van der Waals surface area contributed by atoms with Gasteiger partial charge in [0.05, 0.1) is 35.1 Å². The second-order valence-corrected chi connectivity index (χ2v) is 10.6. The highest BCUT2D eigenvalue weighted by Crippen LogP contribution is 2.35. The van der Waals surface area contributed by atoms with E-state index in [1.165, 1.54) is 11.0 Å². The van der Waals surface area contributed by atoms with Crippen molar-refractivity contribution in [3.05, 3.63) is 59.6 Å². The van der Waals surface area contributed by atoms with Gasteiger partial charge in [-0.25, -0.2) is 4.98 Å². The molecule has 2 amide bonds. The van der Waals surface area contributed by atoms with Crippen LogP contribution in [0.5, 0.6) is 0 Å². The molecule has 0 saturated carbocycles. The third kappa shape index (κ3) is 5.77. The predicted octanol–water partition coefficient (Wildman–Crippen LogP) is 4.07. The van der Waals surface area contributed by atoms with Crippen molar-refractivity contribution in [2.45, 2.75) is 19.3 Å². The number of nitrogens with one attached hydrogen (secondary N) is 2. The lowest BCUT2D eigenvalue weighted by Gasteiger charge is -2.26. The van der Waals surface area contributed by atoms with E-state index in [9.17, 15) is 14.9 Å². The summed E-state index contributed by atoms with van der Waals surface area (Å²) in [4.78, 5) is 36.0. The maximum atomic E-state index is 12.8. The van der Waals surface area contributed by atoms with Crippen LogP contribution in [-0.2, 0) is 11.8 Å². The zero-order valence-corrected chi connectivity index (χ0v) is 24.0. The van der Waals surface area contributed by atoms with Gasteiger partial charge in [-0.2, -0.15) is 10.4 Å². The van der Waals surface area contributed by atoms with E-state index in [1.54, 1.807) is 40.3 Å². The van der Waals surface area contributed by atoms with Gasteiger partial charge in [-0.15, -0.1) is 5.10 Å². The van der Waals surface area contributed by atoms with Crippen LogP contribution in [0, 0.1) is 11.3 Å². The smallest absolute Gasteiger partial charge is 0.324 e. The number of nitrogens with zero attached hydrogens (tertiary/aromatic N) is 8. The summed E-state index contributed by atoms with van der Waals surface area (Å²) in [7, 11) is 1.85. The number of aromatic nitrogens is 6. The first-order valence-corrected chi connectivity index (χ1v) is 14.1. The lowest BCUT2D eigenvalue weighted by molar-refractivity contribution is -0.130. The Bertz CT molecular complexity index is 1850. The van der Waals surface area contributed by atoms with Crippen LogP contribution in [-0.4, -0.2) is 72.8 Å². The van der Waals surface area contributed by atoms with E-state index >= 15 is 0 Å². The molecular formula is C29H27ClN10O3. The predicted molar refractivity (Wildman–Crippen MR) is 158 cm³/mol. The molecule has 1 saturated heterocycles. The van der Waals surface area contributed by atoms with Gasteiger partial charge in [-0.1, -0.05) is 16.7 Å². The number of H-pyrrole nitrogens is 1. The molecule has 1 aliphatic heterocycles. The second-order valence-electron chi connectivity index (χ2n) is 10.1. The van der Waals surface area contributed by atoms with Gasteiger partial charge in [0, 0.05) is 60.8 Å². The quantitative estimate of drug-likeness (QED) is 0.251. The number of anilines is 2. The summed E-state index contributed by atoms with van der Waals surface area (Å²) >= 11 is 6.58. The highest BCUT2D eigenvalue weighted by molar-refractivity contribution is 6.33. The number of aryl methyl sites for hydroxylation is 1. The minimum absolute atomic E-state index is 0.0495. The van der Waals surface area contributed by atoms with E-state index in [2.05, 4.69) is 36.7 Å². The van der Waals surface area contributed by atoms with E-state index < -0.39 is 5.91 Å². The Balaban J connectivity index is 1.21. The number of amides is 2. The number of nitriles is 1. The Morgan fingerprint density at radius 2 is 2.00 bits per heavy atom. The monoisotopic (exact) mass is 598 g/mol. The molecule has 5 aromatic rings. The molecule has 1 aliphatic rings. The number of benzene rings is 1. The number of carbonyl (C=O) groups is 2. The molecule has 218 valence electrons. The van der Waals surface area contributed by atoms with Gasteiger partial charge in [-0.05, 0) is 43.5 Å². The molecule has 43 heavy (non-hydrogen) atoms. The van der Waals surface area contributed by atoms with Crippen LogP contribution in [0.4, 0.5) is 11.7 Å². The summed E-state index contributed by atoms with van der Waals surface area (Å²) in [6.07, 6.45) is 10.2. The molecule has 0 unspecified atom stereocenters. The number of hydrogen-bond donors (Lipinski definition) is 2. The summed E-state index contributed by atoms with van der Waals surface area (Å²) in [5, 5.41) is 25.8. The first-order chi connectivity index (χ1) is 20.9. The van der Waals surface area contributed by atoms with Crippen molar-refractivity contribution >= 4 is 46.2 Å². The summed E-state index contributed by atoms with van der Waals surface area (Å²) < 4.78 is 7.73. The van der Waals surface area contributed by atoms with Crippen LogP contribution < -0.4 is 10.2 Å². The number of piperidine rings is 1. The van der Waals surface area contributed by atoms with Crippen LogP contribution in [0.3, 0.4) is 0 Å². The van der Waals surface area contributed by atoms with Crippen molar-refractivity contribution in [1.29, 1.82) is 5.26 Å². The van der Waals surface area contributed by atoms with Crippen LogP contribution in [0.15, 0.2) is 53.5 Å². The van der Waals surface area contributed by atoms with Gasteiger partial charge < -0.3 is 19.6 Å². The number of carbonyl (C=O) groups excluding carboxylic acids is 2. The number of hydrogen-bond acceptors (Lipinski definition) is 9. The fourth-order valence-corrected chi connectivity index (χ4v) is 5.33. The fourth-order valence-electron chi connectivity index (χ4n) is 5.05. The van der Waals surface area contributed by atoms with Crippen molar-refractivity contribution < 1.29 is 14.0 Å². The number of pyridine rings is 1. The van der Waals surface area contributed by atoms with Crippen molar-refractivity contribution in [1.82, 2.24) is 40.2 Å². The SMILES string of the molecule is Cn1cc(-c2cnc3[nH]cc(-c4nnc(N(CC#N)c5ccc(C(=O)NCC(=O)N6CCCCC6)cc5Cl)o4)c3c2)cn1. The highest BCUT2D eigenvalue weighted by atomic mass is 35.5. The topological polar surface area (TPSA) is 162 Å². The third-order valence-corrected chi connectivity index (χ3v) is 7.59. The molecule has 6 rings (SSSR count). The number of fused-ring (bicyclic) bond motifs is 1. The largest absolute Gasteiger partial charge is 0.403 e. The molecule has 0 aliphatic carbocycles. The number of halogens is 1. The molecule has 0 bridgehead atoms. The van der Waals surface area contributed by atoms with Crippen LogP contribution in [0.25, 0.3) is 33.6 Å². The third-order valence-electron chi connectivity index (χ3n) is 7.28. The van der Waals surface area contributed by atoms with Crippen molar-refractivity contribution in [3.63, 3.8) is 0 Å². The first kappa shape index (κ1) is 27.9. The zero-order chi connectivity index (χ0) is 29.9. The van der Waals surface area contributed by atoms with Crippen molar-refractivity contribution in [2.24, 2.45) is 7.05 Å². The molecule has 0 radical (unpaired) electrons. The molecule has 4 aromatic heterocycles. The van der Waals surface area contributed by atoms with E-state index in [0.717, 1.165) is 35.8 Å². The maximum Gasteiger partial charge on any atom is 0.324 e. The summed E-state index contributed by atoms with van der Waals surface area (Å²) in [6, 6.07) is 8.74. The molecule has 1 fully saturated rings. The molecule has 5 heterocycles. The van der Waals surface area contributed by atoms with Gasteiger partial charge in [0.15, 0.2) is 0 Å². The number of likely N-dealkylation sites (tertiary alicyclic amines) is 1. The molecule has 13 nitrogen and oxygen atoms in total. The molecule has 0 atom stereocenters. The Hall–Kier alpha value is -5.22. The average molecular weight is 599 g/mol. The lowest BCUT2D eigenvalue weighted by atomic mass is 10.1. The van der Waals surface area contributed by atoms with Crippen LogP contribution in [0.1, 0.15) is 29.6 Å².